The number of halogens is 2. The molecule has 5 aromatic rings. The number of aromatic nitrogens is 3. The summed E-state index contributed by atoms with van der Waals surface area (Å²) < 4.78 is 17.8. The molecular formula is C34H31ClFN5O3. The number of hydrogen-bond donors (Lipinski definition) is 1. The van der Waals surface area contributed by atoms with Crippen LogP contribution in [0.3, 0.4) is 0 Å². The number of phenolic OH excluding ortho intramolecular Hbond substituents is 1. The highest BCUT2D eigenvalue weighted by Crippen LogP contribution is 2.35. The Bertz CT molecular complexity index is 1880. The van der Waals surface area contributed by atoms with Gasteiger partial charge in [0.2, 0.25) is 0 Å². The van der Waals surface area contributed by atoms with Crippen LogP contribution in [0.25, 0.3) is 11.3 Å². The van der Waals surface area contributed by atoms with Crippen LogP contribution in [0.1, 0.15) is 37.5 Å². The second kappa shape index (κ2) is 11.7. The van der Waals surface area contributed by atoms with Gasteiger partial charge in [0.25, 0.3) is 11.8 Å². The maximum Gasteiger partial charge on any atom is 0.264 e. The highest BCUT2D eigenvalue weighted by Gasteiger charge is 2.33. The molecule has 0 bridgehead atoms. The summed E-state index contributed by atoms with van der Waals surface area (Å²) in [4.78, 5) is 31.5. The maximum atomic E-state index is 14.3. The number of anilines is 2. The van der Waals surface area contributed by atoms with E-state index < -0.39 is 12.7 Å². The van der Waals surface area contributed by atoms with E-state index in [4.69, 9.17) is 11.6 Å². The summed E-state index contributed by atoms with van der Waals surface area (Å²) in [6.45, 7) is 1.47. The van der Waals surface area contributed by atoms with Crippen LogP contribution in [0, 0.1) is 6.92 Å². The molecule has 1 aliphatic rings. The van der Waals surface area contributed by atoms with E-state index in [-0.39, 0.29) is 17.6 Å². The van der Waals surface area contributed by atoms with E-state index in [0.29, 0.717) is 57.4 Å². The van der Waals surface area contributed by atoms with Crippen LogP contribution in [0.5, 0.6) is 5.75 Å². The zero-order chi connectivity index (χ0) is 31.1. The van der Waals surface area contributed by atoms with Crippen LogP contribution in [-0.2, 0) is 27.1 Å². The lowest BCUT2D eigenvalue weighted by Gasteiger charge is -2.36. The van der Waals surface area contributed by atoms with Gasteiger partial charge in [-0.15, -0.1) is 0 Å². The van der Waals surface area contributed by atoms with Gasteiger partial charge in [0.15, 0.2) is 0 Å². The van der Waals surface area contributed by atoms with Gasteiger partial charge in [0.1, 0.15) is 12.4 Å². The number of nitrogens with zero attached hydrogens (tertiary/aromatic N) is 5. The van der Waals surface area contributed by atoms with E-state index >= 15 is 0 Å². The molecule has 1 N–H and O–H groups in total. The first-order valence-corrected chi connectivity index (χ1v) is 14.6. The van der Waals surface area contributed by atoms with Gasteiger partial charge in [0.05, 0.1) is 23.5 Å². The summed E-state index contributed by atoms with van der Waals surface area (Å²) in [7, 11) is 3.59. The first-order valence-electron chi connectivity index (χ1n) is 14.2. The fraction of sp³-hybridized carbons (Fsp3) is 0.206. The molecule has 2 amide bonds. The Morgan fingerprint density at radius 2 is 1.73 bits per heavy atom. The molecule has 0 saturated carbocycles. The number of benzene rings is 3. The first kappa shape index (κ1) is 29.2. The number of carbonyl (C=O) groups is 2. The molecule has 0 aliphatic carbocycles. The molecule has 0 radical (unpaired) electrons. The Hall–Kier alpha value is -4.89. The summed E-state index contributed by atoms with van der Waals surface area (Å²) in [6.07, 6.45) is 3.76. The highest BCUT2D eigenvalue weighted by molar-refractivity contribution is 6.31. The van der Waals surface area contributed by atoms with Crippen LogP contribution in [0.2, 0.25) is 5.02 Å². The molecule has 1 atom stereocenters. The zero-order valence-corrected chi connectivity index (χ0v) is 25.3. The fourth-order valence-corrected chi connectivity index (χ4v) is 6.01. The van der Waals surface area contributed by atoms with Gasteiger partial charge < -0.3 is 14.6 Å². The fourth-order valence-electron chi connectivity index (χ4n) is 5.84. The predicted molar refractivity (Wildman–Crippen MR) is 168 cm³/mol. The van der Waals surface area contributed by atoms with Crippen molar-refractivity contribution in [1.82, 2.24) is 19.2 Å². The summed E-state index contributed by atoms with van der Waals surface area (Å²) >= 11 is 6.47. The third kappa shape index (κ3) is 5.24. The van der Waals surface area contributed by atoms with Crippen molar-refractivity contribution in [2.24, 2.45) is 14.1 Å². The molecule has 44 heavy (non-hydrogen) atoms. The Kier molecular flexibility index (Phi) is 7.73. The Morgan fingerprint density at radius 3 is 2.41 bits per heavy atom. The van der Waals surface area contributed by atoms with Crippen LogP contribution >= 0.6 is 11.6 Å². The lowest BCUT2D eigenvalue weighted by molar-refractivity contribution is 0.0607. The topological polar surface area (TPSA) is 83.6 Å². The number of aromatic hydroxyl groups is 1. The zero-order valence-electron chi connectivity index (χ0n) is 24.5. The Balaban J connectivity index is 1.42. The molecule has 0 spiro atoms. The minimum atomic E-state index is -0.660. The van der Waals surface area contributed by atoms with Gasteiger partial charge >= 0.3 is 0 Å². The van der Waals surface area contributed by atoms with Gasteiger partial charge in [-0.3, -0.25) is 19.2 Å². The molecule has 3 heterocycles. The largest absolute Gasteiger partial charge is 0.508 e. The van der Waals surface area contributed by atoms with Crippen molar-refractivity contribution in [3.8, 4) is 17.0 Å². The van der Waals surface area contributed by atoms with Gasteiger partial charge in [-0.2, -0.15) is 5.10 Å². The molecule has 2 aromatic heterocycles. The molecule has 0 saturated heterocycles. The average molecular weight is 612 g/mol. The number of aryl methyl sites for hydroxylation is 1. The maximum absolute atomic E-state index is 14.3. The second-order valence-corrected chi connectivity index (χ2v) is 11.5. The highest BCUT2D eigenvalue weighted by atomic mass is 35.5. The number of fused-ring (bicyclic) bond motifs is 1. The van der Waals surface area contributed by atoms with Gasteiger partial charge in [-0.25, -0.2) is 4.39 Å². The summed E-state index contributed by atoms with van der Waals surface area (Å²) in [5, 5.41) is 14.5. The first-order chi connectivity index (χ1) is 21.2. The van der Waals surface area contributed by atoms with Crippen LogP contribution in [0.15, 0.2) is 85.2 Å². The number of phenols is 1. The van der Waals surface area contributed by atoms with E-state index in [2.05, 4.69) is 5.10 Å². The molecule has 0 fully saturated rings. The second-order valence-electron chi connectivity index (χ2n) is 11.0. The smallest absolute Gasteiger partial charge is 0.264 e. The van der Waals surface area contributed by atoms with Crippen molar-refractivity contribution < 1.29 is 19.1 Å². The van der Waals surface area contributed by atoms with Crippen molar-refractivity contribution in [1.29, 1.82) is 0 Å². The third-order valence-corrected chi connectivity index (χ3v) is 8.54. The lowest BCUT2D eigenvalue weighted by Crippen LogP contribution is -2.45. The minimum absolute atomic E-state index is 0.0795. The van der Waals surface area contributed by atoms with Crippen LogP contribution in [-0.4, -0.2) is 48.9 Å². The van der Waals surface area contributed by atoms with E-state index in [1.165, 1.54) is 17.0 Å². The Morgan fingerprint density at radius 1 is 1.00 bits per heavy atom. The van der Waals surface area contributed by atoms with Crippen molar-refractivity contribution in [2.45, 2.75) is 25.9 Å². The van der Waals surface area contributed by atoms with E-state index in [1.54, 1.807) is 65.4 Å². The normalized spacial score (nSPS) is 14.4. The lowest BCUT2D eigenvalue weighted by atomic mass is 9.93. The molecule has 3 aromatic carbocycles. The number of rotatable bonds is 6. The molecule has 1 aliphatic heterocycles. The molecule has 8 nitrogen and oxygen atoms in total. The molecule has 224 valence electrons. The van der Waals surface area contributed by atoms with Gasteiger partial charge in [-0.05, 0) is 73.0 Å². The number of hydrogen-bond acceptors (Lipinski definition) is 4. The van der Waals surface area contributed by atoms with E-state index in [0.717, 1.165) is 11.1 Å². The van der Waals surface area contributed by atoms with Crippen molar-refractivity contribution in [3.63, 3.8) is 0 Å². The standard InChI is InChI=1S/C34H31ClFN5O3/c1-21-30(34(44)41(27-18-37-38(2)20-27)25-9-11-28(42)12-10-25)16-32(39(21)3)31-15-24(35)8-13-29(31)33(43)40-19-23-7-5-4-6-22(23)14-26(40)17-36/h4-13,15-16,18,20,26,42H,14,17,19H2,1-3H3/t26-/m0/s1. The van der Waals surface area contributed by atoms with E-state index in [9.17, 15) is 19.1 Å². The number of amides is 2. The average Bonchev–Trinajstić information content (AvgIpc) is 3.58. The molecule has 6 rings (SSSR count). The molecular weight excluding hydrogens is 581 g/mol. The summed E-state index contributed by atoms with van der Waals surface area (Å²) in [5.74, 6) is -0.541. The van der Waals surface area contributed by atoms with Crippen molar-refractivity contribution in [2.75, 3.05) is 11.6 Å². The van der Waals surface area contributed by atoms with Crippen molar-refractivity contribution in [3.05, 3.63) is 118 Å². The van der Waals surface area contributed by atoms with E-state index in [1.807, 2.05) is 42.8 Å². The quantitative estimate of drug-likeness (QED) is 0.234. The monoisotopic (exact) mass is 611 g/mol. The van der Waals surface area contributed by atoms with Crippen molar-refractivity contribution >= 4 is 34.8 Å². The Labute approximate surface area is 259 Å². The minimum Gasteiger partial charge on any atom is -0.508 e. The summed E-state index contributed by atoms with van der Waals surface area (Å²) in [6, 6.07) is 20.3. The molecule has 0 unspecified atom stereocenters. The van der Waals surface area contributed by atoms with Gasteiger partial charge in [-0.1, -0.05) is 35.9 Å². The predicted octanol–water partition coefficient (Wildman–Crippen LogP) is 6.61. The summed E-state index contributed by atoms with van der Waals surface area (Å²) in [5.41, 5.74) is 5.74. The van der Waals surface area contributed by atoms with Crippen LogP contribution in [0.4, 0.5) is 15.8 Å². The van der Waals surface area contributed by atoms with Gasteiger partial charge in [0, 0.05) is 60.1 Å². The van der Waals surface area contributed by atoms with Crippen LogP contribution < -0.4 is 4.90 Å². The number of carbonyl (C=O) groups excluding carboxylic acids is 2. The number of alkyl halides is 1. The third-order valence-electron chi connectivity index (χ3n) is 8.31. The molecule has 10 heteroatoms. The SMILES string of the molecule is Cc1c(C(=O)N(c2ccc(O)cc2)c2cnn(C)c2)cc(-c2cc(Cl)ccc2C(=O)N2Cc3ccccc3C[C@H]2CF)n1C.